The molecule has 6 N–H and O–H groups in total. The number of hydrogen-bond acceptors (Lipinski definition) is 10. The Labute approximate surface area is 207 Å². The van der Waals surface area contributed by atoms with Gasteiger partial charge in [0.05, 0.1) is 0 Å². The molecule has 2 radical (unpaired) electrons. The monoisotopic (exact) mass is 502 g/mol. The van der Waals surface area contributed by atoms with E-state index in [1.807, 2.05) is 0 Å². The number of amides is 2. The van der Waals surface area contributed by atoms with Gasteiger partial charge in [-0.3, -0.25) is 39.5 Å². The summed E-state index contributed by atoms with van der Waals surface area (Å²) in [6.45, 7) is 0. The summed E-state index contributed by atoms with van der Waals surface area (Å²) in [5.74, 6) is -2.52. The van der Waals surface area contributed by atoms with E-state index in [1.165, 1.54) is 49.1 Å². The number of nitrogens with zero attached hydrogens (tertiary/aromatic N) is 2. The molecule has 0 fully saturated rings. The van der Waals surface area contributed by atoms with Crippen LogP contribution < -0.4 is 21.7 Å². The summed E-state index contributed by atoms with van der Waals surface area (Å²) in [6.07, 6.45) is 5.71. The van der Waals surface area contributed by atoms with E-state index in [0.717, 1.165) is 0 Å². The van der Waals surface area contributed by atoms with Crippen molar-refractivity contribution in [2.45, 2.75) is 0 Å². The molecule has 0 unspecified atom stereocenters. The molecule has 0 saturated heterocycles. The van der Waals surface area contributed by atoms with Crippen LogP contribution in [0.1, 0.15) is 20.7 Å². The zero-order valence-electron chi connectivity index (χ0n) is 15.8. The van der Waals surface area contributed by atoms with Crippen LogP contribution in [0.15, 0.2) is 49.1 Å². The van der Waals surface area contributed by atoms with Gasteiger partial charge in [0.25, 0.3) is 32.1 Å². The molecule has 31 heavy (non-hydrogen) atoms. The second-order valence-corrected chi connectivity index (χ2v) is 8.09. The van der Waals surface area contributed by atoms with Crippen LogP contribution in [0.25, 0.3) is 0 Å². The van der Waals surface area contributed by atoms with Gasteiger partial charge in [0.1, 0.15) is 11.8 Å². The number of pyridine rings is 2. The van der Waals surface area contributed by atoms with E-state index in [9.17, 15) is 26.4 Å². The number of hydrogen-bond donors (Lipinski definition) is 6. The van der Waals surface area contributed by atoms with E-state index in [2.05, 4.69) is 31.7 Å². The second kappa shape index (κ2) is 14.3. The SMILES string of the molecule is O=C(NNCS(=O)(=O)O)c1ccncc1.O=C(NNCS(=O)(=O)O)c1ccncc1.[Ca]. The minimum absolute atomic E-state index is 0. The van der Waals surface area contributed by atoms with Gasteiger partial charge in [-0.05, 0) is 24.3 Å². The topological polar surface area (TPSA) is 217 Å². The van der Waals surface area contributed by atoms with Crippen LogP contribution in [0.5, 0.6) is 0 Å². The molecule has 0 aliphatic carbocycles. The standard InChI is InChI=1S/2C7H9N3O4S.Ca/c2*11-7(6-1-3-8-4-2-6)10-9-5-15(12,13)14;/h2*1-4,9H,5H2,(H,10,11)(H,12,13,14);. The first-order valence-electron chi connectivity index (χ1n) is 7.75. The number of hydrazine groups is 2. The average molecular weight is 503 g/mol. The third kappa shape index (κ3) is 14.8. The summed E-state index contributed by atoms with van der Waals surface area (Å²) < 4.78 is 57.8. The maximum absolute atomic E-state index is 11.3. The third-order valence-corrected chi connectivity index (χ3v) is 3.82. The third-order valence-electron chi connectivity index (χ3n) is 2.80. The van der Waals surface area contributed by atoms with E-state index in [0.29, 0.717) is 11.1 Å². The molecule has 2 aromatic heterocycles. The molecular weight excluding hydrogens is 484 g/mol. The van der Waals surface area contributed by atoms with E-state index in [-0.39, 0.29) is 37.7 Å². The number of aromatic nitrogens is 2. The minimum atomic E-state index is -4.14. The van der Waals surface area contributed by atoms with Gasteiger partial charge < -0.3 is 0 Å². The van der Waals surface area contributed by atoms with Crippen LogP contribution in [0.3, 0.4) is 0 Å². The Bertz CT molecular complexity index is 953. The van der Waals surface area contributed by atoms with Crippen LogP contribution in [0.2, 0.25) is 0 Å². The van der Waals surface area contributed by atoms with Crippen LogP contribution in [-0.2, 0) is 20.2 Å². The zero-order valence-corrected chi connectivity index (χ0v) is 19.6. The van der Waals surface area contributed by atoms with Crippen LogP contribution in [-0.4, -0.2) is 97.2 Å². The predicted molar refractivity (Wildman–Crippen MR) is 108 cm³/mol. The molecular formula is C14H18CaN6O8S2. The van der Waals surface area contributed by atoms with Gasteiger partial charge in [0.2, 0.25) is 0 Å². The van der Waals surface area contributed by atoms with Crippen molar-refractivity contribution in [2.75, 3.05) is 11.8 Å². The maximum Gasteiger partial charge on any atom is 0.279 e. The summed E-state index contributed by atoms with van der Waals surface area (Å²) in [5, 5.41) is 0. The van der Waals surface area contributed by atoms with Crippen molar-refractivity contribution >= 4 is 69.8 Å². The van der Waals surface area contributed by atoms with E-state index >= 15 is 0 Å². The Kier molecular flexibility index (Phi) is 13.5. The Morgan fingerprint density at radius 2 is 1.00 bits per heavy atom. The van der Waals surface area contributed by atoms with Gasteiger partial charge >= 0.3 is 0 Å². The van der Waals surface area contributed by atoms with E-state index < -0.39 is 43.8 Å². The van der Waals surface area contributed by atoms with Gasteiger partial charge in [0, 0.05) is 73.7 Å². The fourth-order valence-corrected chi connectivity index (χ4v) is 2.08. The molecule has 0 spiro atoms. The Morgan fingerprint density at radius 3 is 1.26 bits per heavy atom. The fourth-order valence-electron chi connectivity index (χ4n) is 1.57. The predicted octanol–water partition coefficient (Wildman–Crippen LogP) is -2.06. The van der Waals surface area contributed by atoms with Crippen molar-refractivity contribution in [2.24, 2.45) is 0 Å². The first kappa shape index (κ1) is 29.2. The van der Waals surface area contributed by atoms with Crippen LogP contribution in [0.4, 0.5) is 0 Å². The molecule has 0 atom stereocenters. The van der Waals surface area contributed by atoms with Crippen molar-refractivity contribution in [3.05, 3.63) is 60.2 Å². The first-order valence-corrected chi connectivity index (χ1v) is 11.0. The van der Waals surface area contributed by atoms with Gasteiger partial charge in [-0.2, -0.15) is 16.8 Å². The summed E-state index contributed by atoms with van der Waals surface area (Å²) in [5.41, 5.74) is 8.98. The van der Waals surface area contributed by atoms with Gasteiger partial charge in [-0.15, -0.1) is 0 Å². The molecule has 0 saturated carbocycles. The Morgan fingerprint density at radius 1 is 0.710 bits per heavy atom. The van der Waals surface area contributed by atoms with Crippen molar-refractivity contribution in [3.63, 3.8) is 0 Å². The van der Waals surface area contributed by atoms with Crippen LogP contribution >= 0.6 is 0 Å². The Balaban J connectivity index is 0.000000562. The number of carbonyl (C=O) groups excluding carboxylic acids is 2. The molecule has 0 aliphatic heterocycles. The largest absolute Gasteiger partial charge is 0.286 e. The maximum atomic E-state index is 11.3. The molecule has 17 heteroatoms. The van der Waals surface area contributed by atoms with Crippen molar-refractivity contribution < 1.29 is 35.5 Å². The van der Waals surface area contributed by atoms with Gasteiger partial charge in [-0.25, -0.2) is 10.9 Å². The molecule has 0 aromatic carbocycles. The molecule has 14 nitrogen and oxygen atoms in total. The smallest absolute Gasteiger partial charge is 0.279 e. The fraction of sp³-hybridized carbons (Fsp3) is 0.143. The molecule has 2 amide bonds. The van der Waals surface area contributed by atoms with Gasteiger partial charge in [-0.1, -0.05) is 0 Å². The normalized spacial score (nSPS) is 10.6. The summed E-state index contributed by atoms with van der Waals surface area (Å²) in [6, 6.07) is 5.85. The number of carbonyl (C=O) groups is 2. The Hall–Kier alpha value is -1.76. The van der Waals surface area contributed by atoms with Crippen molar-refractivity contribution in [1.29, 1.82) is 0 Å². The molecule has 0 aliphatic rings. The molecule has 2 heterocycles. The van der Waals surface area contributed by atoms with Crippen molar-refractivity contribution in [1.82, 2.24) is 31.7 Å². The first-order chi connectivity index (χ1) is 14.0. The zero-order chi connectivity index (χ0) is 22.6. The average Bonchev–Trinajstić information content (AvgIpc) is 2.68. The number of nitrogens with one attached hydrogen (secondary N) is 4. The second-order valence-electron chi connectivity index (χ2n) is 5.19. The van der Waals surface area contributed by atoms with Gasteiger partial charge in [0.15, 0.2) is 0 Å². The summed E-state index contributed by atoms with van der Waals surface area (Å²) in [4.78, 5) is 29.9. The van der Waals surface area contributed by atoms with Crippen LogP contribution in [0, 0.1) is 0 Å². The van der Waals surface area contributed by atoms with E-state index in [1.54, 1.807) is 0 Å². The quantitative estimate of drug-likeness (QED) is 0.130. The molecule has 2 aromatic rings. The van der Waals surface area contributed by atoms with Crippen molar-refractivity contribution in [3.8, 4) is 0 Å². The molecule has 2 rings (SSSR count). The number of rotatable bonds is 8. The minimum Gasteiger partial charge on any atom is -0.286 e. The molecule has 0 bridgehead atoms. The summed E-state index contributed by atoms with van der Waals surface area (Å²) in [7, 11) is -8.28. The van der Waals surface area contributed by atoms with E-state index in [4.69, 9.17) is 9.11 Å². The molecule has 166 valence electrons. The summed E-state index contributed by atoms with van der Waals surface area (Å²) >= 11 is 0.